The molecule has 0 aromatic carbocycles. The second kappa shape index (κ2) is 11.8. The molecule has 0 aliphatic carbocycles. The van der Waals surface area contributed by atoms with Crippen molar-refractivity contribution in [2.24, 2.45) is 5.16 Å². The molecule has 2 aliphatic rings. The van der Waals surface area contributed by atoms with Gasteiger partial charge in [0.25, 0.3) is 11.8 Å². The molecule has 0 saturated carbocycles. The van der Waals surface area contributed by atoms with E-state index >= 15 is 0 Å². The number of carboxylic acids is 1. The normalized spacial score (nSPS) is 19.4. The van der Waals surface area contributed by atoms with Gasteiger partial charge in [0, 0.05) is 11.1 Å². The quantitative estimate of drug-likeness (QED) is 0.103. The number of β-lactam (4-membered cyclic amide) rings is 1. The largest absolute Gasteiger partial charge is 0.477 e. The summed E-state index contributed by atoms with van der Waals surface area (Å²) in [4.78, 5) is 70.0. The summed E-state index contributed by atoms with van der Waals surface area (Å²) in [7, 11) is 0. The van der Waals surface area contributed by atoms with Crippen LogP contribution in [0.5, 0.6) is 0 Å². The summed E-state index contributed by atoms with van der Waals surface area (Å²) >= 11 is 8.19. The van der Waals surface area contributed by atoms with E-state index in [0.717, 1.165) is 16.2 Å². The number of aliphatic carboxylic acids is 1. The van der Waals surface area contributed by atoms with Crippen LogP contribution in [0.1, 0.15) is 26.5 Å². The first kappa shape index (κ1) is 28.2. The van der Waals surface area contributed by atoms with Gasteiger partial charge in [-0.15, -0.1) is 23.1 Å². The number of hydrogen-bond donors (Lipinski definition) is 4. The molecule has 4 N–H and O–H groups in total. The number of oxime groups is 1. The fourth-order valence-corrected chi connectivity index (χ4v) is 5.32. The number of nitrogens with one attached hydrogen (secondary N) is 3. The van der Waals surface area contributed by atoms with E-state index < -0.39 is 40.9 Å². The molecule has 3 heterocycles. The lowest BCUT2D eigenvalue weighted by Crippen LogP contribution is -2.71. The summed E-state index contributed by atoms with van der Waals surface area (Å²) in [6.45, 7) is 5.03. The zero-order valence-electron chi connectivity index (χ0n) is 19.8. The average Bonchev–Trinajstić information content (AvgIpc) is 3.26. The Bertz CT molecular complexity index is 1160. The molecule has 200 valence electrons. The topological polar surface area (TPSA) is 189 Å². The Kier molecular flexibility index (Phi) is 8.98. The highest BCUT2D eigenvalue weighted by Gasteiger charge is 2.54. The summed E-state index contributed by atoms with van der Waals surface area (Å²) in [6.07, 6.45) is -0.242. The molecule has 0 spiro atoms. The van der Waals surface area contributed by atoms with Gasteiger partial charge in [-0.05, 0) is 20.8 Å². The number of amides is 4. The van der Waals surface area contributed by atoms with Crippen LogP contribution in [0.2, 0.25) is 0 Å². The lowest BCUT2D eigenvalue weighted by atomic mass is 10.0. The second-order valence-electron chi connectivity index (χ2n) is 8.42. The van der Waals surface area contributed by atoms with Gasteiger partial charge in [-0.3, -0.25) is 19.3 Å². The first-order valence-corrected chi connectivity index (χ1v) is 12.9. The maximum absolute atomic E-state index is 13.1. The van der Waals surface area contributed by atoms with Gasteiger partial charge in [0.1, 0.15) is 35.0 Å². The number of rotatable bonds is 10. The molecule has 1 aromatic rings. The predicted molar refractivity (Wildman–Crippen MR) is 134 cm³/mol. The molecule has 4 amide bonds. The first-order chi connectivity index (χ1) is 17.4. The van der Waals surface area contributed by atoms with Gasteiger partial charge in [-0.2, -0.15) is 0 Å². The number of carboxylic acid groups (broad SMARTS) is 1. The fourth-order valence-electron chi connectivity index (χ4n) is 3.12. The van der Waals surface area contributed by atoms with Crippen LogP contribution in [0.4, 0.5) is 9.93 Å². The molecule has 0 radical (unpaired) electrons. The minimum atomic E-state index is -1.35. The second-order valence-corrected chi connectivity index (χ2v) is 10.8. The van der Waals surface area contributed by atoms with Gasteiger partial charge in [0.05, 0.1) is 11.6 Å². The van der Waals surface area contributed by atoms with Gasteiger partial charge in [-0.1, -0.05) is 16.8 Å². The van der Waals surface area contributed by atoms with Crippen LogP contribution in [-0.4, -0.2) is 86.9 Å². The van der Waals surface area contributed by atoms with Gasteiger partial charge in [0.2, 0.25) is 6.41 Å². The fraction of sp³-hybridized carbons (Fsp3) is 0.450. The van der Waals surface area contributed by atoms with Crippen molar-refractivity contribution < 1.29 is 38.7 Å². The van der Waals surface area contributed by atoms with Crippen molar-refractivity contribution in [1.29, 1.82) is 0 Å². The highest BCUT2D eigenvalue weighted by atomic mass is 35.5. The Hall–Kier alpha value is -3.37. The average molecular weight is 575 g/mol. The number of nitrogens with zero attached hydrogens (tertiary/aromatic N) is 3. The van der Waals surface area contributed by atoms with Gasteiger partial charge < -0.3 is 30.6 Å². The Morgan fingerprint density at radius 3 is 2.76 bits per heavy atom. The molecule has 1 fully saturated rings. The number of carbonyl (C=O) groups excluding carboxylic acids is 4. The smallest absolute Gasteiger partial charge is 0.407 e. The number of hydrogen-bond acceptors (Lipinski definition) is 11. The van der Waals surface area contributed by atoms with Crippen LogP contribution in [0.25, 0.3) is 0 Å². The molecule has 2 aliphatic heterocycles. The number of fused-ring (bicyclic) bond motifs is 1. The molecule has 1 unspecified atom stereocenters. The Balaban J connectivity index is 1.69. The number of thiazole rings is 1. The van der Waals surface area contributed by atoms with Gasteiger partial charge >= 0.3 is 12.1 Å². The predicted octanol–water partition coefficient (Wildman–Crippen LogP) is 0.892. The Labute approximate surface area is 223 Å². The van der Waals surface area contributed by atoms with Crippen molar-refractivity contribution in [2.75, 3.05) is 24.2 Å². The molecule has 37 heavy (non-hydrogen) atoms. The van der Waals surface area contributed by atoms with Crippen LogP contribution >= 0.6 is 34.7 Å². The number of alkyl carbamates (subject to hydrolysis) is 1. The Morgan fingerprint density at radius 1 is 1.38 bits per heavy atom. The van der Waals surface area contributed by atoms with E-state index in [4.69, 9.17) is 21.2 Å². The van der Waals surface area contributed by atoms with E-state index in [0.29, 0.717) is 6.41 Å². The monoisotopic (exact) mass is 574 g/mol. The molecule has 3 rings (SSSR count). The van der Waals surface area contributed by atoms with Gasteiger partial charge in [-0.25, -0.2) is 14.6 Å². The van der Waals surface area contributed by atoms with Crippen LogP contribution in [-0.2, 0) is 28.8 Å². The number of ether oxygens (including phenoxy) is 1. The number of anilines is 1. The zero-order chi connectivity index (χ0) is 27.3. The van der Waals surface area contributed by atoms with Crippen molar-refractivity contribution in [3.8, 4) is 0 Å². The van der Waals surface area contributed by atoms with E-state index in [1.807, 2.05) is 0 Å². The lowest BCUT2D eigenvalue weighted by Gasteiger charge is -2.48. The molecule has 14 nitrogen and oxygen atoms in total. The third-order valence-electron chi connectivity index (χ3n) is 4.57. The van der Waals surface area contributed by atoms with Crippen LogP contribution in [0.15, 0.2) is 21.3 Å². The highest BCUT2D eigenvalue weighted by molar-refractivity contribution is 8.00. The van der Waals surface area contributed by atoms with Gasteiger partial charge in [0.15, 0.2) is 10.8 Å². The Morgan fingerprint density at radius 2 is 2.11 bits per heavy atom. The third kappa shape index (κ3) is 6.90. The molecule has 17 heteroatoms. The number of aromatic nitrogens is 1. The minimum Gasteiger partial charge on any atom is -0.477 e. The lowest BCUT2D eigenvalue weighted by molar-refractivity contribution is -0.150. The van der Waals surface area contributed by atoms with Crippen molar-refractivity contribution in [1.82, 2.24) is 20.5 Å². The molecule has 0 bridgehead atoms. The van der Waals surface area contributed by atoms with Crippen LogP contribution in [0, 0.1) is 0 Å². The van der Waals surface area contributed by atoms with E-state index in [-0.39, 0.29) is 46.2 Å². The zero-order valence-corrected chi connectivity index (χ0v) is 22.2. The number of halogens is 1. The molecular formula is C20H23ClN6O8S2. The highest BCUT2D eigenvalue weighted by Crippen LogP contribution is 2.41. The van der Waals surface area contributed by atoms with E-state index in [1.165, 1.54) is 17.1 Å². The number of carbonyl (C=O) groups is 5. The first-order valence-electron chi connectivity index (χ1n) is 10.6. The minimum absolute atomic E-state index is 0.0160. The summed E-state index contributed by atoms with van der Waals surface area (Å²) in [5.41, 5.74) is -1.24. The van der Waals surface area contributed by atoms with Crippen LogP contribution < -0.4 is 16.0 Å². The molecule has 1 aromatic heterocycles. The van der Waals surface area contributed by atoms with Crippen LogP contribution in [0.3, 0.4) is 0 Å². The maximum atomic E-state index is 13.1. The van der Waals surface area contributed by atoms with Crippen molar-refractivity contribution in [3.63, 3.8) is 0 Å². The summed E-state index contributed by atoms with van der Waals surface area (Å²) in [5.74, 6) is -2.66. The molecule has 1 saturated heterocycles. The van der Waals surface area contributed by atoms with E-state index in [1.54, 1.807) is 20.8 Å². The third-order valence-corrected chi connectivity index (χ3v) is 7.10. The SMILES string of the molecule is CC(C)(C)OC(=O)NCCON=C(C(=O)NC1C(=O)N2C(C(=O)O)=C(Cl)CS[C@@H]12)c1csc(NC=O)n1. The molecule has 2 atom stereocenters. The summed E-state index contributed by atoms with van der Waals surface area (Å²) in [5, 5.41) is 21.6. The molecular weight excluding hydrogens is 552 g/mol. The van der Waals surface area contributed by atoms with Crippen molar-refractivity contribution in [3.05, 3.63) is 21.8 Å². The van der Waals surface area contributed by atoms with E-state index in [9.17, 15) is 29.1 Å². The van der Waals surface area contributed by atoms with Crippen molar-refractivity contribution >= 4 is 75.8 Å². The summed E-state index contributed by atoms with van der Waals surface area (Å²) < 4.78 is 5.11. The summed E-state index contributed by atoms with van der Waals surface area (Å²) in [6, 6.07) is -1.04. The maximum Gasteiger partial charge on any atom is 0.407 e. The number of thioether (sulfide) groups is 1. The van der Waals surface area contributed by atoms with Crippen molar-refractivity contribution in [2.45, 2.75) is 37.8 Å². The van der Waals surface area contributed by atoms with E-state index in [2.05, 4.69) is 26.1 Å². The standard InChI is InChI=1S/C20H23ClN6O8S2/c1-20(2,3)35-19(33)22-4-5-34-26-11(10-7-37-18(24-10)23-8-28)14(29)25-12-15(30)27-13(17(31)32)9(21)6-36-16(12)27/h7-8,12,16H,4-6H2,1-3H3,(H,22,33)(H,25,29)(H,31,32)(H,23,24,28)/t12?,16-/m0/s1.